The second kappa shape index (κ2) is 9.36. The number of carbonyl (C=O) groups excluding carboxylic acids is 3. The highest BCUT2D eigenvalue weighted by molar-refractivity contribution is 6.15. The van der Waals surface area contributed by atoms with Gasteiger partial charge in [-0.2, -0.15) is 0 Å². The van der Waals surface area contributed by atoms with Gasteiger partial charge >= 0.3 is 5.97 Å². The van der Waals surface area contributed by atoms with E-state index in [0.717, 1.165) is 6.92 Å². The molecule has 3 unspecified atom stereocenters. The van der Waals surface area contributed by atoms with Crippen molar-refractivity contribution in [1.82, 2.24) is 4.90 Å². The van der Waals surface area contributed by atoms with Gasteiger partial charge in [-0.05, 0) is 25.8 Å². The van der Waals surface area contributed by atoms with Crippen LogP contribution in [-0.4, -0.2) is 62.9 Å². The molecule has 0 aliphatic rings. The molecule has 0 saturated heterocycles. The molecule has 0 spiro atoms. The van der Waals surface area contributed by atoms with E-state index < -0.39 is 54.2 Å². The topological polar surface area (TPSA) is 164 Å². The van der Waals surface area contributed by atoms with Crippen LogP contribution in [0.1, 0.15) is 25.8 Å². The predicted octanol–water partition coefficient (Wildman–Crippen LogP) is -0.946. The number of rotatable bonds is 9. The number of Topliss-reactive ketones (excluding diaryl/α,β-unsaturated/α-hetero) is 1. The number of nitrogens with two attached hydrogens (primary N) is 2. The second-order valence-electron chi connectivity index (χ2n) is 6.42. The second-order valence-corrected chi connectivity index (χ2v) is 6.42. The maximum Gasteiger partial charge on any atom is 0.337 e. The Bertz CT molecular complexity index is 706. The normalized spacial score (nSPS) is 15.3. The van der Waals surface area contributed by atoms with Crippen molar-refractivity contribution >= 4 is 23.6 Å². The Labute approximate surface area is 156 Å². The molecule has 1 aromatic rings. The van der Waals surface area contributed by atoms with Crippen LogP contribution in [0.2, 0.25) is 0 Å². The molecular weight excluding hydrogens is 354 g/mol. The van der Waals surface area contributed by atoms with Gasteiger partial charge < -0.3 is 21.7 Å². The van der Waals surface area contributed by atoms with Gasteiger partial charge in [-0.15, -0.1) is 0 Å². The van der Waals surface area contributed by atoms with E-state index in [1.165, 1.54) is 6.92 Å². The molecule has 0 heterocycles. The lowest BCUT2D eigenvalue weighted by atomic mass is 9.89. The van der Waals surface area contributed by atoms with Gasteiger partial charge in [-0.1, -0.05) is 30.3 Å². The number of imide groups is 1. The lowest BCUT2D eigenvalue weighted by Crippen LogP contribution is -2.66. The largest absolute Gasteiger partial charge is 0.479 e. The number of hydrogen-bond donors (Lipinski definition) is 4. The minimum Gasteiger partial charge on any atom is -0.479 e. The molecule has 0 aliphatic carbocycles. The van der Waals surface area contributed by atoms with E-state index in [1.807, 2.05) is 0 Å². The SMILES string of the molecule is CC(O)CC(=O)C(C)(C(=O)O)N(C(=O)CN)C(=O)C(N)Cc1ccccc1. The number of carbonyl (C=O) groups is 4. The summed E-state index contributed by atoms with van der Waals surface area (Å²) >= 11 is 0. The van der Waals surface area contributed by atoms with Crippen molar-refractivity contribution in [1.29, 1.82) is 0 Å². The minimum atomic E-state index is -2.53. The summed E-state index contributed by atoms with van der Waals surface area (Å²) < 4.78 is 0. The molecule has 2 amide bonds. The van der Waals surface area contributed by atoms with Crippen LogP contribution in [0.25, 0.3) is 0 Å². The van der Waals surface area contributed by atoms with Crippen LogP contribution in [-0.2, 0) is 25.6 Å². The molecular formula is C18H25N3O6. The third kappa shape index (κ3) is 5.19. The third-order valence-electron chi connectivity index (χ3n) is 4.15. The zero-order valence-corrected chi connectivity index (χ0v) is 15.3. The summed E-state index contributed by atoms with van der Waals surface area (Å²) in [4.78, 5) is 49.8. The Hall–Kier alpha value is -2.62. The number of aliphatic hydroxyl groups is 1. The van der Waals surface area contributed by atoms with E-state index in [-0.39, 0.29) is 6.42 Å². The van der Waals surface area contributed by atoms with Crippen LogP contribution in [0, 0.1) is 0 Å². The Morgan fingerprint density at radius 2 is 1.74 bits per heavy atom. The summed E-state index contributed by atoms with van der Waals surface area (Å²) in [5, 5.41) is 19.1. The standard InChI is InChI=1S/C18H25N3O6/c1-11(22)8-14(23)18(2,17(26)27)21(15(24)10-19)16(25)13(20)9-12-6-4-3-5-7-12/h3-7,11,13,22H,8-10,19-20H2,1-2H3,(H,26,27). The molecule has 0 radical (unpaired) electrons. The van der Waals surface area contributed by atoms with Gasteiger partial charge in [0, 0.05) is 6.42 Å². The zero-order valence-electron chi connectivity index (χ0n) is 15.3. The van der Waals surface area contributed by atoms with Crippen molar-refractivity contribution in [2.75, 3.05) is 6.54 Å². The van der Waals surface area contributed by atoms with Crippen LogP contribution >= 0.6 is 0 Å². The quantitative estimate of drug-likeness (QED) is 0.399. The monoisotopic (exact) mass is 379 g/mol. The smallest absolute Gasteiger partial charge is 0.337 e. The Kier molecular flexibility index (Phi) is 7.77. The highest BCUT2D eigenvalue weighted by atomic mass is 16.4. The molecule has 0 fully saturated rings. The molecule has 0 bridgehead atoms. The third-order valence-corrected chi connectivity index (χ3v) is 4.15. The summed E-state index contributed by atoms with van der Waals surface area (Å²) in [5.41, 5.74) is 9.40. The first-order valence-electron chi connectivity index (χ1n) is 8.36. The number of carboxylic acids is 1. The fraction of sp³-hybridized carbons (Fsp3) is 0.444. The number of aliphatic hydroxyl groups excluding tert-OH is 1. The lowest BCUT2D eigenvalue weighted by Gasteiger charge is -2.36. The molecule has 1 rings (SSSR count). The lowest BCUT2D eigenvalue weighted by molar-refractivity contribution is -0.170. The van der Waals surface area contributed by atoms with Crippen molar-refractivity contribution in [2.45, 2.75) is 44.4 Å². The number of ketones is 1. The van der Waals surface area contributed by atoms with Gasteiger partial charge in [0.05, 0.1) is 18.7 Å². The summed E-state index contributed by atoms with van der Waals surface area (Å²) in [6.45, 7) is 1.54. The van der Waals surface area contributed by atoms with Gasteiger partial charge in [0.2, 0.25) is 17.4 Å². The average molecular weight is 379 g/mol. The summed E-state index contributed by atoms with van der Waals surface area (Å²) in [6, 6.07) is 7.43. The van der Waals surface area contributed by atoms with Gasteiger partial charge in [0.1, 0.15) is 0 Å². The number of amides is 2. The zero-order chi connectivity index (χ0) is 20.8. The average Bonchev–Trinajstić information content (AvgIpc) is 2.61. The van der Waals surface area contributed by atoms with Crippen molar-refractivity contribution in [2.24, 2.45) is 11.5 Å². The Balaban J connectivity index is 3.28. The molecule has 0 saturated carbocycles. The maximum absolute atomic E-state index is 12.8. The number of benzene rings is 1. The first-order valence-corrected chi connectivity index (χ1v) is 8.36. The molecule has 9 nitrogen and oxygen atoms in total. The number of carboxylic acid groups (broad SMARTS) is 1. The highest BCUT2D eigenvalue weighted by Crippen LogP contribution is 2.22. The Morgan fingerprint density at radius 1 is 1.19 bits per heavy atom. The van der Waals surface area contributed by atoms with E-state index >= 15 is 0 Å². The molecule has 1 aromatic carbocycles. The van der Waals surface area contributed by atoms with Gasteiger partial charge in [-0.3, -0.25) is 19.3 Å². The van der Waals surface area contributed by atoms with Crippen molar-refractivity contribution in [3.63, 3.8) is 0 Å². The Morgan fingerprint density at radius 3 is 2.19 bits per heavy atom. The summed E-state index contributed by atoms with van der Waals surface area (Å²) in [7, 11) is 0. The van der Waals surface area contributed by atoms with E-state index in [2.05, 4.69) is 0 Å². The molecule has 0 aliphatic heterocycles. The minimum absolute atomic E-state index is 0.0360. The highest BCUT2D eigenvalue weighted by Gasteiger charge is 2.52. The van der Waals surface area contributed by atoms with E-state index in [1.54, 1.807) is 30.3 Å². The van der Waals surface area contributed by atoms with Crippen molar-refractivity contribution in [3.05, 3.63) is 35.9 Å². The van der Waals surface area contributed by atoms with E-state index in [4.69, 9.17) is 11.5 Å². The molecule has 3 atom stereocenters. The molecule has 0 aromatic heterocycles. The number of nitrogens with zero attached hydrogens (tertiary/aromatic N) is 1. The van der Waals surface area contributed by atoms with E-state index in [0.29, 0.717) is 10.5 Å². The fourth-order valence-corrected chi connectivity index (χ4v) is 2.61. The first-order chi connectivity index (χ1) is 12.5. The van der Waals surface area contributed by atoms with Crippen molar-refractivity contribution in [3.8, 4) is 0 Å². The van der Waals surface area contributed by atoms with Crippen molar-refractivity contribution < 1.29 is 29.4 Å². The van der Waals surface area contributed by atoms with Gasteiger partial charge in [-0.25, -0.2) is 4.79 Å². The summed E-state index contributed by atoms with van der Waals surface area (Å²) in [6.07, 6.45) is -1.67. The molecule has 9 heteroatoms. The van der Waals surface area contributed by atoms with Crippen LogP contribution in [0.4, 0.5) is 0 Å². The summed E-state index contributed by atoms with van der Waals surface area (Å²) in [5.74, 6) is -4.80. The molecule has 148 valence electrons. The van der Waals surface area contributed by atoms with Crippen LogP contribution in [0.5, 0.6) is 0 Å². The molecule has 27 heavy (non-hydrogen) atoms. The van der Waals surface area contributed by atoms with Gasteiger partial charge in [0.25, 0.3) is 0 Å². The number of hydrogen-bond acceptors (Lipinski definition) is 7. The van der Waals surface area contributed by atoms with E-state index in [9.17, 15) is 29.4 Å². The number of aliphatic carboxylic acids is 1. The molecule has 6 N–H and O–H groups in total. The first kappa shape index (κ1) is 22.4. The predicted molar refractivity (Wildman–Crippen MR) is 96.4 cm³/mol. The van der Waals surface area contributed by atoms with Gasteiger partial charge in [0.15, 0.2) is 5.78 Å². The maximum atomic E-state index is 12.8. The fourth-order valence-electron chi connectivity index (χ4n) is 2.61. The van der Waals surface area contributed by atoms with Crippen LogP contribution in [0.15, 0.2) is 30.3 Å². The van der Waals surface area contributed by atoms with Crippen LogP contribution < -0.4 is 11.5 Å². The van der Waals surface area contributed by atoms with Crippen LogP contribution in [0.3, 0.4) is 0 Å².